The van der Waals surface area contributed by atoms with Crippen LogP contribution in [-0.4, -0.2) is 54.3 Å². The molecule has 0 radical (unpaired) electrons. The summed E-state index contributed by atoms with van der Waals surface area (Å²) in [5.74, 6) is -0.386. The van der Waals surface area contributed by atoms with Crippen molar-refractivity contribution in [1.29, 1.82) is 0 Å². The minimum Gasteiger partial charge on any atom is -0.395 e. The molecule has 1 aliphatic heterocycles. The molecule has 1 fully saturated rings. The lowest BCUT2D eigenvalue weighted by Gasteiger charge is -2.23. The molecule has 1 aromatic rings. The number of hydrogen-bond acceptors (Lipinski definition) is 4. The van der Waals surface area contributed by atoms with Crippen LogP contribution < -0.4 is 4.90 Å². The number of hydrogen-bond donors (Lipinski definition) is 1. The van der Waals surface area contributed by atoms with Gasteiger partial charge in [-0.1, -0.05) is 0 Å². The number of amides is 2. The lowest BCUT2D eigenvalue weighted by Crippen LogP contribution is -2.39. The van der Waals surface area contributed by atoms with E-state index in [4.69, 9.17) is 5.11 Å². The van der Waals surface area contributed by atoms with Crippen LogP contribution in [0.15, 0.2) is 29.2 Å². The van der Waals surface area contributed by atoms with Crippen molar-refractivity contribution in [3.8, 4) is 0 Å². The van der Waals surface area contributed by atoms with Gasteiger partial charge in [0.2, 0.25) is 11.8 Å². The van der Waals surface area contributed by atoms with E-state index in [1.807, 2.05) is 37.4 Å². The van der Waals surface area contributed by atoms with Crippen LogP contribution in [0, 0.1) is 5.92 Å². The van der Waals surface area contributed by atoms with Gasteiger partial charge in [0.1, 0.15) is 0 Å². The molecule has 1 saturated heterocycles. The molecule has 1 heterocycles. The van der Waals surface area contributed by atoms with Crippen LogP contribution >= 0.6 is 11.8 Å². The zero-order valence-electron chi connectivity index (χ0n) is 13.0. The fraction of sp³-hybridized carbons (Fsp3) is 0.500. The van der Waals surface area contributed by atoms with E-state index in [0.29, 0.717) is 19.6 Å². The highest BCUT2D eigenvalue weighted by atomic mass is 32.2. The molecule has 2 rings (SSSR count). The number of aliphatic hydroxyl groups is 1. The molecule has 120 valence electrons. The Bertz CT molecular complexity index is 533. The summed E-state index contributed by atoms with van der Waals surface area (Å²) in [6, 6.07) is 7.79. The number of anilines is 1. The summed E-state index contributed by atoms with van der Waals surface area (Å²) < 4.78 is 0. The molecule has 1 aliphatic rings. The fourth-order valence-corrected chi connectivity index (χ4v) is 3.10. The molecule has 0 spiro atoms. The summed E-state index contributed by atoms with van der Waals surface area (Å²) in [5, 5.41) is 9.02. The van der Waals surface area contributed by atoms with E-state index in [0.717, 1.165) is 10.6 Å². The molecule has 1 N–H and O–H groups in total. The molecule has 0 aromatic heterocycles. The number of rotatable bonds is 6. The Hall–Kier alpha value is -1.53. The first kappa shape index (κ1) is 16.8. The average Bonchev–Trinajstić information content (AvgIpc) is 2.94. The first-order valence-electron chi connectivity index (χ1n) is 7.44. The van der Waals surface area contributed by atoms with Crippen LogP contribution in [0.4, 0.5) is 5.69 Å². The van der Waals surface area contributed by atoms with Gasteiger partial charge in [-0.15, -0.1) is 11.8 Å². The Morgan fingerprint density at radius 2 is 2.09 bits per heavy atom. The monoisotopic (exact) mass is 322 g/mol. The largest absolute Gasteiger partial charge is 0.395 e. The van der Waals surface area contributed by atoms with Crippen LogP contribution in [0.2, 0.25) is 0 Å². The van der Waals surface area contributed by atoms with Gasteiger partial charge >= 0.3 is 0 Å². The van der Waals surface area contributed by atoms with E-state index >= 15 is 0 Å². The van der Waals surface area contributed by atoms with Crippen LogP contribution in [0.25, 0.3) is 0 Å². The third-order valence-electron chi connectivity index (χ3n) is 3.92. The topological polar surface area (TPSA) is 60.9 Å². The second-order valence-electron chi connectivity index (χ2n) is 5.24. The number of aliphatic hydroxyl groups excluding tert-OH is 1. The van der Waals surface area contributed by atoms with E-state index in [1.165, 1.54) is 0 Å². The minimum atomic E-state index is -0.320. The average molecular weight is 322 g/mol. The first-order valence-corrected chi connectivity index (χ1v) is 8.67. The number of benzene rings is 1. The maximum Gasteiger partial charge on any atom is 0.228 e. The predicted molar refractivity (Wildman–Crippen MR) is 88.0 cm³/mol. The molecule has 6 heteroatoms. The molecular formula is C16H22N2O3S. The third kappa shape index (κ3) is 3.62. The summed E-state index contributed by atoms with van der Waals surface area (Å²) in [6.07, 6.45) is 2.25. The van der Waals surface area contributed by atoms with E-state index in [-0.39, 0.29) is 30.8 Å². The molecule has 1 unspecified atom stereocenters. The normalized spacial score (nSPS) is 17.9. The van der Waals surface area contributed by atoms with Gasteiger partial charge in [0.25, 0.3) is 0 Å². The quantitative estimate of drug-likeness (QED) is 0.808. The van der Waals surface area contributed by atoms with E-state index in [9.17, 15) is 9.59 Å². The molecule has 2 amide bonds. The smallest absolute Gasteiger partial charge is 0.228 e. The second kappa shape index (κ2) is 7.65. The Kier molecular flexibility index (Phi) is 5.85. The maximum absolute atomic E-state index is 12.4. The Morgan fingerprint density at radius 1 is 1.41 bits per heavy atom. The summed E-state index contributed by atoms with van der Waals surface area (Å²) in [5.41, 5.74) is 0.836. The fourth-order valence-electron chi connectivity index (χ4n) is 2.69. The van der Waals surface area contributed by atoms with Gasteiger partial charge in [-0.25, -0.2) is 0 Å². The third-order valence-corrected chi connectivity index (χ3v) is 4.67. The van der Waals surface area contributed by atoms with E-state index in [2.05, 4.69) is 0 Å². The van der Waals surface area contributed by atoms with Gasteiger partial charge in [0.15, 0.2) is 0 Å². The van der Waals surface area contributed by atoms with Crippen molar-refractivity contribution in [2.45, 2.75) is 18.2 Å². The van der Waals surface area contributed by atoms with Crippen molar-refractivity contribution in [1.82, 2.24) is 4.90 Å². The van der Waals surface area contributed by atoms with Crippen LogP contribution in [0.3, 0.4) is 0 Å². The Morgan fingerprint density at radius 3 is 2.64 bits per heavy atom. The van der Waals surface area contributed by atoms with Gasteiger partial charge < -0.3 is 14.9 Å². The highest BCUT2D eigenvalue weighted by Gasteiger charge is 2.36. The molecular weight excluding hydrogens is 300 g/mol. The summed E-state index contributed by atoms with van der Waals surface area (Å²) in [6.45, 7) is 3.11. The van der Waals surface area contributed by atoms with Crippen molar-refractivity contribution in [2.24, 2.45) is 5.92 Å². The molecule has 1 atom stereocenters. The standard InChI is InChI=1S/C16H22N2O3S/c1-3-17(8-9-19)16(21)12-10-15(20)18(11-12)13-4-6-14(22-2)7-5-13/h4-7,12,19H,3,8-11H2,1-2H3. The van der Waals surface area contributed by atoms with Crippen molar-refractivity contribution in [3.05, 3.63) is 24.3 Å². The van der Waals surface area contributed by atoms with Crippen molar-refractivity contribution >= 4 is 29.3 Å². The number of carbonyl (C=O) groups is 2. The SMILES string of the molecule is CCN(CCO)C(=O)C1CC(=O)N(c2ccc(SC)cc2)C1. The van der Waals surface area contributed by atoms with Crippen LogP contribution in [0.1, 0.15) is 13.3 Å². The molecule has 0 aliphatic carbocycles. The Balaban J connectivity index is 2.07. The van der Waals surface area contributed by atoms with Crippen LogP contribution in [-0.2, 0) is 9.59 Å². The number of likely N-dealkylation sites (N-methyl/N-ethyl adjacent to an activating group) is 1. The van der Waals surface area contributed by atoms with Crippen LogP contribution in [0.5, 0.6) is 0 Å². The van der Waals surface area contributed by atoms with Crippen molar-refractivity contribution < 1.29 is 14.7 Å². The number of carbonyl (C=O) groups excluding carboxylic acids is 2. The van der Waals surface area contributed by atoms with Gasteiger partial charge in [0.05, 0.1) is 12.5 Å². The number of nitrogens with zero attached hydrogens (tertiary/aromatic N) is 2. The predicted octanol–water partition coefficient (Wildman–Crippen LogP) is 1.60. The van der Waals surface area contributed by atoms with Crippen molar-refractivity contribution in [3.63, 3.8) is 0 Å². The molecule has 5 nitrogen and oxygen atoms in total. The molecule has 0 saturated carbocycles. The van der Waals surface area contributed by atoms with Crippen molar-refractivity contribution in [2.75, 3.05) is 37.4 Å². The van der Waals surface area contributed by atoms with Gasteiger partial charge in [-0.2, -0.15) is 0 Å². The lowest BCUT2D eigenvalue weighted by atomic mass is 10.1. The molecule has 22 heavy (non-hydrogen) atoms. The number of thioether (sulfide) groups is 1. The highest BCUT2D eigenvalue weighted by Crippen LogP contribution is 2.28. The minimum absolute atomic E-state index is 0.0182. The Labute approximate surface area is 135 Å². The summed E-state index contributed by atoms with van der Waals surface area (Å²) in [7, 11) is 0. The van der Waals surface area contributed by atoms with Gasteiger partial charge in [-0.05, 0) is 37.4 Å². The van der Waals surface area contributed by atoms with E-state index < -0.39 is 0 Å². The first-order chi connectivity index (χ1) is 10.6. The zero-order chi connectivity index (χ0) is 16.1. The van der Waals surface area contributed by atoms with E-state index in [1.54, 1.807) is 21.6 Å². The zero-order valence-corrected chi connectivity index (χ0v) is 13.8. The molecule has 1 aromatic carbocycles. The maximum atomic E-state index is 12.4. The highest BCUT2D eigenvalue weighted by molar-refractivity contribution is 7.98. The second-order valence-corrected chi connectivity index (χ2v) is 6.12. The summed E-state index contributed by atoms with van der Waals surface area (Å²) in [4.78, 5) is 29.1. The summed E-state index contributed by atoms with van der Waals surface area (Å²) >= 11 is 1.65. The molecule has 0 bridgehead atoms. The van der Waals surface area contributed by atoms with Gasteiger partial charge in [0, 0.05) is 36.6 Å². The van der Waals surface area contributed by atoms with Gasteiger partial charge in [-0.3, -0.25) is 9.59 Å². The lowest BCUT2D eigenvalue weighted by molar-refractivity contribution is -0.136.